The van der Waals surface area contributed by atoms with Crippen molar-refractivity contribution in [1.29, 1.82) is 0 Å². The molecule has 0 aromatic carbocycles. The second-order valence-electron chi connectivity index (χ2n) is 3.84. The van der Waals surface area contributed by atoms with E-state index < -0.39 is 0 Å². The third-order valence-corrected chi connectivity index (χ3v) is 2.45. The van der Waals surface area contributed by atoms with Crippen LogP contribution in [0, 0.1) is 11.8 Å². The topological polar surface area (TPSA) is 58.0 Å². The molecule has 13 heavy (non-hydrogen) atoms. The van der Waals surface area contributed by atoms with Crippen LogP contribution in [0.3, 0.4) is 0 Å². The Balaban J connectivity index is 2.17. The summed E-state index contributed by atoms with van der Waals surface area (Å²) in [7, 11) is 0. The molecule has 1 aliphatic rings. The van der Waals surface area contributed by atoms with E-state index in [1.54, 1.807) is 0 Å². The SMILES string of the molecule is C[C@H](CN=[N+]=[N-])C[C@H]1CCCOC1. The molecule has 0 bridgehead atoms. The van der Waals surface area contributed by atoms with Gasteiger partial charge < -0.3 is 4.74 Å². The van der Waals surface area contributed by atoms with E-state index in [-0.39, 0.29) is 0 Å². The molecular weight excluding hydrogens is 166 g/mol. The van der Waals surface area contributed by atoms with Crippen LogP contribution in [0.15, 0.2) is 5.11 Å². The first-order valence-corrected chi connectivity index (χ1v) is 4.91. The van der Waals surface area contributed by atoms with Gasteiger partial charge in [0.1, 0.15) is 0 Å². The molecule has 0 N–H and O–H groups in total. The smallest absolute Gasteiger partial charge is 0.0494 e. The third-order valence-electron chi connectivity index (χ3n) is 2.45. The van der Waals surface area contributed by atoms with Crippen LogP contribution in [-0.2, 0) is 4.74 Å². The molecule has 0 saturated carbocycles. The zero-order valence-corrected chi connectivity index (χ0v) is 8.15. The van der Waals surface area contributed by atoms with Gasteiger partial charge in [0.15, 0.2) is 0 Å². The summed E-state index contributed by atoms with van der Waals surface area (Å²) in [6.45, 7) is 4.55. The predicted octanol–water partition coefficient (Wildman–Crippen LogP) is 2.75. The standard InChI is InChI=1S/C9H17N3O/c1-8(6-11-12-10)5-9-3-2-4-13-7-9/h8-9H,2-7H2,1H3/t8-,9+/m0/s1. The van der Waals surface area contributed by atoms with E-state index in [9.17, 15) is 0 Å². The lowest BCUT2D eigenvalue weighted by atomic mass is 9.91. The molecule has 1 saturated heterocycles. The molecule has 0 aromatic heterocycles. The Bertz CT molecular complexity index is 183. The summed E-state index contributed by atoms with van der Waals surface area (Å²) in [5, 5.41) is 3.58. The van der Waals surface area contributed by atoms with Crippen LogP contribution in [-0.4, -0.2) is 19.8 Å². The van der Waals surface area contributed by atoms with Gasteiger partial charge in [-0.15, -0.1) is 0 Å². The summed E-state index contributed by atoms with van der Waals surface area (Å²) in [5.41, 5.74) is 8.15. The molecule has 1 aliphatic heterocycles. The van der Waals surface area contributed by atoms with Gasteiger partial charge in [-0.25, -0.2) is 0 Å². The van der Waals surface area contributed by atoms with Crippen molar-refractivity contribution in [3.63, 3.8) is 0 Å². The highest BCUT2D eigenvalue weighted by Crippen LogP contribution is 2.21. The second-order valence-corrected chi connectivity index (χ2v) is 3.84. The lowest BCUT2D eigenvalue weighted by molar-refractivity contribution is 0.0465. The van der Waals surface area contributed by atoms with E-state index in [0.29, 0.717) is 18.4 Å². The molecule has 1 heterocycles. The second kappa shape index (κ2) is 5.84. The molecular formula is C9H17N3O. The predicted molar refractivity (Wildman–Crippen MR) is 51.3 cm³/mol. The van der Waals surface area contributed by atoms with Crippen molar-refractivity contribution in [2.24, 2.45) is 17.0 Å². The zero-order valence-electron chi connectivity index (χ0n) is 8.15. The molecule has 1 fully saturated rings. The number of azide groups is 1. The highest BCUT2D eigenvalue weighted by Gasteiger charge is 2.16. The largest absolute Gasteiger partial charge is 0.381 e. The number of ether oxygens (including phenoxy) is 1. The Labute approximate surface area is 78.9 Å². The summed E-state index contributed by atoms with van der Waals surface area (Å²) in [4.78, 5) is 2.76. The summed E-state index contributed by atoms with van der Waals surface area (Å²) >= 11 is 0. The van der Waals surface area contributed by atoms with Crippen molar-refractivity contribution in [3.8, 4) is 0 Å². The molecule has 2 atom stereocenters. The first-order chi connectivity index (χ1) is 6.33. The average Bonchev–Trinajstić information content (AvgIpc) is 2.16. The van der Waals surface area contributed by atoms with E-state index >= 15 is 0 Å². The first-order valence-electron chi connectivity index (χ1n) is 4.91. The van der Waals surface area contributed by atoms with Crippen LogP contribution in [0.4, 0.5) is 0 Å². The summed E-state index contributed by atoms with van der Waals surface area (Å²) in [6.07, 6.45) is 3.57. The summed E-state index contributed by atoms with van der Waals surface area (Å²) in [5.74, 6) is 1.17. The van der Waals surface area contributed by atoms with E-state index in [2.05, 4.69) is 16.9 Å². The van der Waals surface area contributed by atoms with Crippen molar-refractivity contribution in [3.05, 3.63) is 10.4 Å². The quantitative estimate of drug-likeness (QED) is 0.375. The minimum Gasteiger partial charge on any atom is -0.381 e. The van der Waals surface area contributed by atoms with Gasteiger partial charge in [0.2, 0.25) is 0 Å². The van der Waals surface area contributed by atoms with Crippen molar-refractivity contribution >= 4 is 0 Å². The highest BCUT2D eigenvalue weighted by atomic mass is 16.5. The van der Waals surface area contributed by atoms with Crippen LogP contribution < -0.4 is 0 Å². The van der Waals surface area contributed by atoms with Gasteiger partial charge in [-0.3, -0.25) is 0 Å². The Hall–Kier alpha value is -0.730. The molecule has 4 heteroatoms. The van der Waals surface area contributed by atoms with Gasteiger partial charge in [0, 0.05) is 24.7 Å². The fourth-order valence-corrected chi connectivity index (χ4v) is 1.81. The fraction of sp³-hybridized carbons (Fsp3) is 1.00. The number of nitrogens with zero attached hydrogens (tertiary/aromatic N) is 3. The van der Waals surface area contributed by atoms with Crippen LogP contribution >= 0.6 is 0 Å². The third kappa shape index (κ3) is 4.15. The van der Waals surface area contributed by atoms with Gasteiger partial charge in [-0.05, 0) is 36.6 Å². The summed E-state index contributed by atoms with van der Waals surface area (Å²) < 4.78 is 5.38. The summed E-state index contributed by atoms with van der Waals surface area (Å²) in [6, 6.07) is 0. The van der Waals surface area contributed by atoms with Crippen molar-refractivity contribution in [2.45, 2.75) is 26.2 Å². The number of hydrogen-bond donors (Lipinski definition) is 0. The van der Waals surface area contributed by atoms with Gasteiger partial charge in [-0.2, -0.15) is 0 Å². The fourth-order valence-electron chi connectivity index (χ4n) is 1.81. The molecule has 1 rings (SSSR count). The van der Waals surface area contributed by atoms with Crippen LogP contribution in [0.5, 0.6) is 0 Å². The maximum atomic E-state index is 8.15. The Kier molecular flexibility index (Phi) is 4.65. The molecule has 0 radical (unpaired) electrons. The van der Waals surface area contributed by atoms with Crippen molar-refractivity contribution in [2.75, 3.05) is 19.8 Å². The first kappa shape index (κ1) is 10.4. The maximum absolute atomic E-state index is 8.15. The van der Waals surface area contributed by atoms with E-state index in [1.807, 2.05) is 0 Å². The van der Waals surface area contributed by atoms with Crippen molar-refractivity contribution < 1.29 is 4.74 Å². The van der Waals surface area contributed by atoms with Crippen LogP contribution in [0.25, 0.3) is 10.4 Å². The number of hydrogen-bond acceptors (Lipinski definition) is 2. The molecule has 0 aliphatic carbocycles. The van der Waals surface area contributed by atoms with Crippen molar-refractivity contribution in [1.82, 2.24) is 0 Å². The van der Waals surface area contributed by atoms with Gasteiger partial charge in [0.25, 0.3) is 0 Å². The Morgan fingerprint density at radius 2 is 2.54 bits per heavy atom. The maximum Gasteiger partial charge on any atom is 0.0494 e. The molecule has 0 unspecified atom stereocenters. The van der Waals surface area contributed by atoms with E-state index in [0.717, 1.165) is 19.6 Å². The Morgan fingerprint density at radius 3 is 3.15 bits per heavy atom. The zero-order chi connectivity index (χ0) is 9.52. The Morgan fingerprint density at radius 1 is 1.69 bits per heavy atom. The number of rotatable bonds is 4. The lowest BCUT2D eigenvalue weighted by Crippen LogP contribution is -2.20. The van der Waals surface area contributed by atoms with Gasteiger partial charge in [-0.1, -0.05) is 12.0 Å². The minimum atomic E-state index is 0.489. The molecule has 4 nitrogen and oxygen atoms in total. The highest BCUT2D eigenvalue weighted by molar-refractivity contribution is 4.68. The van der Waals surface area contributed by atoms with E-state index in [1.165, 1.54) is 12.8 Å². The molecule has 0 amide bonds. The van der Waals surface area contributed by atoms with E-state index in [4.69, 9.17) is 10.3 Å². The van der Waals surface area contributed by atoms with Crippen LogP contribution in [0.2, 0.25) is 0 Å². The van der Waals surface area contributed by atoms with Gasteiger partial charge >= 0.3 is 0 Å². The average molecular weight is 183 g/mol. The molecule has 0 aromatic rings. The molecule has 0 spiro atoms. The monoisotopic (exact) mass is 183 g/mol. The van der Waals surface area contributed by atoms with Crippen LogP contribution in [0.1, 0.15) is 26.2 Å². The normalized spacial score (nSPS) is 24.8. The minimum absolute atomic E-state index is 0.489. The van der Waals surface area contributed by atoms with Gasteiger partial charge in [0.05, 0.1) is 0 Å². The molecule has 74 valence electrons. The lowest BCUT2D eigenvalue weighted by Gasteiger charge is -2.24.